The average molecular weight is 174 g/mol. The third kappa shape index (κ3) is 2.62. The highest BCUT2D eigenvalue weighted by atomic mass is 32.1. The van der Waals surface area contributed by atoms with Crippen LogP contribution < -0.4 is 0 Å². The minimum Gasteiger partial charge on any atom is -0.293 e. The molecule has 10 heavy (non-hydrogen) atoms. The Hall–Kier alpha value is -0.150. The van der Waals surface area contributed by atoms with Crippen LogP contribution in [-0.2, 0) is 4.79 Å². The van der Waals surface area contributed by atoms with Crippen molar-refractivity contribution in [2.45, 2.75) is 26.7 Å². The first-order valence-corrected chi connectivity index (χ1v) is 4.05. The van der Waals surface area contributed by atoms with Crippen LogP contribution in [0.2, 0.25) is 0 Å². The summed E-state index contributed by atoms with van der Waals surface area (Å²) in [4.78, 5) is 11.8. The maximum atomic E-state index is 10.9. The number of Topliss-reactive ketones (excluding diaryl/α,β-unsaturated/α-hetero) is 1. The second-order valence-corrected chi connectivity index (χ2v) is 2.78. The van der Waals surface area contributed by atoms with Crippen molar-refractivity contribution < 1.29 is 4.79 Å². The van der Waals surface area contributed by atoms with Gasteiger partial charge in [-0.05, 0) is 6.42 Å². The summed E-state index contributed by atoms with van der Waals surface area (Å²) in [6.07, 6.45) is 1.15. The smallest absolute Gasteiger partial charge is 0.174 e. The van der Waals surface area contributed by atoms with Crippen LogP contribution in [0.3, 0.4) is 0 Å². The first-order chi connectivity index (χ1) is 4.63. The number of hydrogen-bond acceptors (Lipinski definition) is 3. The summed E-state index contributed by atoms with van der Waals surface area (Å²) in [6, 6.07) is 0. The second kappa shape index (κ2) is 4.63. The Morgan fingerprint density at radius 3 is 2.00 bits per heavy atom. The summed E-state index contributed by atoms with van der Waals surface area (Å²) in [5.74, 6) is -0.0122. The van der Waals surface area contributed by atoms with Crippen LogP contribution in [0.4, 0.5) is 0 Å². The topological polar surface area (TPSA) is 17.1 Å². The van der Waals surface area contributed by atoms with Gasteiger partial charge in [0.15, 0.2) is 5.78 Å². The Bertz CT molecular complexity index is 154. The molecule has 0 spiro atoms. The van der Waals surface area contributed by atoms with Crippen molar-refractivity contribution >= 4 is 39.9 Å². The molecule has 56 valence electrons. The molecule has 0 fully saturated rings. The van der Waals surface area contributed by atoms with Gasteiger partial charge < -0.3 is 0 Å². The number of rotatable bonds is 4. The molecule has 0 radical (unpaired) electrons. The summed E-state index contributed by atoms with van der Waals surface area (Å²) < 4.78 is 0. The van der Waals surface area contributed by atoms with Crippen molar-refractivity contribution in [1.29, 1.82) is 0 Å². The number of carbonyl (C=O) groups is 1. The fraction of sp³-hybridized carbons (Fsp3) is 0.571. The monoisotopic (exact) mass is 174 g/mol. The highest BCUT2D eigenvalue weighted by Crippen LogP contribution is 1.95. The second-order valence-electron chi connectivity index (χ2n) is 1.88. The van der Waals surface area contributed by atoms with Gasteiger partial charge in [0.25, 0.3) is 0 Å². The zero-order chi connectivity index (χ0) is 8.15. The summed E-state index contributed by atoms with van der Waals surface area (Å²) in [5, 5.41) is 0. The predicted molar refractivity (Wildman–Crippen MR) is 50.8 cm³/mol. The molecule has 0 saturated carbocycles. The lowest BCUT2D eigenvalue weighted by Crippen LogP contribution is -2.18. The first-order valence-electron chi connectivity index (χ1n) is 3.23. The molecule has 0 aliphatic carbocycles. The summed E-state index contributed by atoms with van der Waals surface area (Å²) in [5.41, 5.74) is 0. The first kappa shape index (κ1) is 9.85. The lowest BCUT2D eigenvalue weighted by molar-refractivity contribution is -0.112. The molecule has 0 aromatic carbocycles. The van der Waals surface area contributed by atoms with Gasteiger partial charge in [-0.15, -0.1) is 0 Å². The van der Waals surface area contributed by atoms with E-state index < -0.39 is 0 Å². The Labute approximate surface area is 71.8 Å². The van der Waals surface area contributed by atoms with Gasteiger partial charge in [-0.3, -0.25) is 4.79 Å². The van der Waals surface area contributed by atoms with Crippen LogP contribution in [0.1, 0.15) is 26.7 Å². The number of thiocarbonyl (C=S) groups is 2. The van der Waals surface area contributed by atoms with Crippen molar-refractivity contribution in [2.75, 3.05) is 0 Å². The maximum absolute atomic E-state index is 10.9. The largest absolute Gasteiger partial charge is 0.293 e. The van der Waals surface area contributed by atoms with E-state index in [-0.39, 0.29) is 5.78 Å². The molecule has 0 amide bonds. The quantitative estimate of drug-likeness (QED) is 0.608. The Morgan fingerprint density at radius 1 is 1.20 bits per heavy atom. The van der Waals surface area contributed by atoms with E-state index in [9.17, 15) is 4.79 Å². The molecule has 0 unspecified atom stereocenters. The van der Waals surface area contributed by atoms with Gasteiger partial charge in [-0.25, -0.2) is 0 Å². The van der Waals surface area contributed by atoms with Gasteiger partial charge in [-0.1, -0.05) is 38.3 Å². The van der Waals surface area contributed by atoms with E-state index in [0.717, 1.165) is 0 Å². The normalized spacial score (nSPS) is 9.00. The zero-order valence-electron chi connectivity index (χ0n) is 6.14. The summed E-state index contributed by atoms with van der Waals surface area (Å²) >= 11 is 9.67. The Balaban J connectivity index is 4.09. The van der Waals surface area contributed by atoms with Crippen molar-refractivity contribution in [1.82, 2.24) is 0 Å². The third-order valence-corrected chi connectivity index (χ3v) is 2.24. The van der Waals surface area contributed by atoms with Crippen LogP contribution >= 0.6 is 24.4 Å². The molecule has 0 heterocycles. The van der Waals surface area contributed by atoms with E-state index in [4.69, 9.17) is 24.4 Å². The number of hydrogen-bond donors (Lipinski definition) is 0. The van der Waals surface area contributed by atoms with Gasteiger partial charge in [-0.2, -0.15) is 0 Å². The SMILES string of the molecule is CCC(=O)C(=S)C(=S)CC. The highest BCUT2D eigenvalue weighted by Gasteiger charge is 2.09. The van der Waals surface area contributed by atoms with E-state index >= 15 is 0 Å². The van der Waals surface area contributed by atoms with Gasteiger partial charge in [0, 0.05) is 11.3 Å². The molecule has 0 N–H and O–H groups in total. The minimum atomic E-state index is -0.0122. The van der Waals surface area contributed by atoms with E-state index in [1.165, 1.54) is 0 Å². The third-order valence-electron chi connectivity index (χ3n) is 1.15. The molecule has 0 saturated heterocycles. The Kier molecular flexibility index (Phi) is 4.56. The van der Waals surface area contributed by atoms with Crippen LogP contribution in [0.25, 0.3) is 0 Å². The average Bonchev–Trinajstić information content (AvgIpc) is 2.00. The van der Waals surface area contributed by atoms with Crippen LogP contribution in [-0.4, -0.2) is 15.5 Å². The molecule has 0 bridgehead atoms. The molecule has 1 nitrogen and oxygen atoms in total. The van der Waals surface area contributed by atoms with Crippen molar-refractivity contribution in [2.24, 2.45) is 0 Å². The van der Waals surface area contributed by atoms with Crippen LogP contribution in [0.5, 0.6) is 0 Å². The van der Waals surface area contributed by atoms with Crippen molar-refractivity contribution in [3.05, 3.63) is 0 Å². The molecule has 3 heteroatoms. The Morgan fingerprint density at radius 2 is 1.70 bits per heavy atom. The number of ketones is 1. The van der Waals surface area contributed by atoms with Crippen molar-refractivity contribution in [3.8, 4) is 0 Å². The van der Waals surface area contributed by atoms with Gasteiger partial charge in [0.2, 0.25) is 0 Å². The zero-order valence-corrected chi connectivity index (χ0v) is 7.77. The molecule has 0 atom stereocenters. The molecule has 0 aliphatic heterocycles. The minimum absolute atomic E-state index is 0.0122. The molecular weight excluding hydrogens is 164 g/mol. The molecule has 0 aromatic rings. The predicted octanol–water partition coefficient (Wildman–Crippen LogP) is 2.12. The van der Waals surface area contributed by atoms with Crippen LogP contribution in [0.15, 0.2) is 0 Å². The summed E-state index contributed by atoms with van der Waals surface area (Å²) in [6.45, 7) is 3.68. The van der Waals surface area contributed by atoms with Gasteiger partial charge in [0.1, 0.15) is 0 Å². The lowest BCUT2D eigenvalue weighted by atomic mass is 10.1. The fourth-order valence-electron chi connectivity index (χ4n) is 0.477. The van der Waals surface area contributed by atoms with E-state index in [0.29, 0.717) is 22.6 Å². The fourth-order valence-corrected chi connectivity index (χ4v) is 0.879. The van der Waals surface area contributed by atoms with E-state index in [2.05, 4.69) is 0 Å². The van der Waals surface area contributed by atoms with E-state index in [1.54, 1.807) is 6.92 Å². The lowest BCUT2D eigenvalue weighted by Gasteiger charge is -1.97. The molecule has 0 rings (SSSR count). The van der Waals surface area contributed by atoms with Gasteiger partial charge in [0.05, 0.1) is 4.86 Å². The summed E-state index contributed by atoms with van der Waals surface area (Å²) in [7, 11) is 0. The maximum Gasteiger partial charge on any atom is 0.174 e. The van der Waals surface area contributed by atoms with Crippen LogP contribution in [0, 0.1) is 0 Å². The molecule has 0 aromatic heterocycles. The van der Waals surface area contributed by atoms with E-state index in [1.807, 2.05) is 6.92 Å². The number of carbonyl (C=O) groups excluding carboxylic acids is 1. The molecule has 0 aliphatic rings. The molecular formula is C7H10OS2. The van der Waals surface area contributed by atoms with Gasteiger partial charge >= 0.3 is 0 Å². The highest BCUT2D eigenvalue weighted by molar-refractivity contribution is 7.90. The van der Waals surface area contributed by atoms with Crippen molar-refractivity contribution in [3.63, 3.8) is 0 Å². The standard InChI is InChI=1S/C7H10OS2/c1-3-5(8)7(10)6(9)4-2/h3-4H2,1-2H3.